The number of anilines is 1. The molecule has 2 atom stereocenters. The Balaban J connectivity index is 1.54. The number of pyridine rings is 1. The first-order chi connectivity index (χ1) is 11.7. The molecule has 0 aliphatic heterocycles. The van der Waals surface area contributed by atoms with Gasteiger partial charge in [-0.05, 0) is 81.6 Å². The molecule has 3 saturated carbocycles. The number of ether oxygens (including phenoxy) is 1. The standard InChI is InChI=1S/C20H26N2O2/c1-2-24-19(23)15-11-21-18(17-14-4-3-13(9-14)16(15)17)22-20-7-5-12(10-20)6-8-20/h11-14H,2-10H2,1H3,(H,21,22). The third-order valence-electron chi connectivity index (χ3n) is 7.03. The van der Waals surface area contributed by atoms with Gasteiger partial charge in [-0.15, -0.1) is 0 Å². The second-order valence-corrected chi connectivity index (χ2v) is 8.33. The summed E-state index contributed by atoms with van der Waals surface area (Å²) in [5.74, 6) is 2.92. The fourth-order valence-electron chi connectivity index (χ4n) is 5.99. The van der Waals surface area contributed by atoms with Gasteiger partial charge >= 0.3 is 5.97 Å². The number of rotatable bonds is 4. The molecule has 4 heteroatoms. The van der Waals surface area contributed by atoms with Gasteiger partial charge in [-0.1, -0.05) is 0 Å². The maximum atomic E-state index is 12.4. The molecule has 4 nitrogen and oxygen atoms in total. The van der Waals surface area contributed by atoms with Crippen LogP contribution in [0, 0.1) is 5.92 Å². The number of nitrogens with one attached hydrogen (secondary N) is 1. The molecule has 0 amide bonds. The summed E-state index contributed by atoms with van der Waals surface area (Å²) in [6.45, 7) is 2.29. The Bertz CT molecular complexity index is 691. The molecule has 0 saturated heterocycles. The highest BCUT2D eigenvalue weighted by atomic mass is 16.5. The van der Waals surface area contributed by atoms with E-state index in [-0.39, 0.29) is 11.5 Å². The van der Waals surface area contributed by atoms with Gasteiger partial charge in [0, 0.05) is 17.3 Å². The highest BCUT2D eigenvalue weighted by Gasteiger charge is 2.47. The SMILES string of the molecule is CCOC(=O)c1cnc(NC23CCC(CC2)C3)c2c1C1CCC2C1. The van der Waals surface area contributed by atoms with Crippen molar-refractivity contribution in [2.75, 3.05) is 11.9 Å². The topological polar surface area (TPSA) is 51.2 Å². The van der Waals surface area contributed by atoms with Crippen LogP contribution in [0.3, 0.4) is 0 Å². The van der Waals surface area contributed by atoms with Crippen LogP contribution in [-0.4, -0.2) is 23.1 Å². The van der Waals surface area contributed by atoms with Crippen LogP contribution in [0.15, 0.2) is 6.20 Å². The Morgan fingerprint density at radius 3 is 2.67 bits per heavy atom. The number of fused-ring (bicyclic) bond motifs is 7. The van der Waals surface area contributed by atoms with Gasteiger partial charge in [0.1, 0.15) is 5.82 Å². The number of carbonyl (C=O) groups is 1. The lowest BCUT2D eigenvalue weighted by Crippen LogP contribution is -2.34. The van der Waals surface area contributed by atoms with Crippen LogP contribution in [0.4, 0.5) is 5.82 Å². The lowest BCUT2D eigenvalue weighted by molar-refractivity contribution is 0.0524. The van der Waals surface area contributed by atoms with E-state index in [1.54, 1.807) is 6.20 Å². The maximum Gasteiger partial charge on any atom is 0.339 e. The summed E-state index contributed by atoms with van der Waals surface area (Å²) in [7, 11) is 0. The van der Waals surface area contributed by atoms with E-state index in [1.807, 2.05) is 6.92 Å². The van der Waals surface area contributed by atoms with E-state index in [1.165, 1.54) is 62.5 Å². The van der Waals surface area contributed by atoms with Crippen LogP contribution < -0.4 is 5.32 Å². The molecule has 0 aromatic carbocycles. The monoisotopic (exact) mass is 326 g/mol. The summed E-state index contributed by atoms with van der Waals surface area (Å²) in [5.41, 5.74) is 3.60. The molecule has 4 aliphatic carbocycles. The summed E-state index contributed by atoms with van der Waals surface area (Å²) >= 11 is 0. The predicted molar refractivity (Wildman–Crippen MR) is 92.5 cm³/mol. The van der Waals surface area contributed by atoms with E-state index < -0.39 is 0 Å². The number of hydrogen-bond donors (Lipinski definition) is 1. The molecule has 4 aliphatic rings. The van der Waals surface area contributed by atoms with Crippen LogP contribution in [0.2, 0.25) is 0 Å². The molecule has 2 unspecified atom stereocenters. The summed E-state index contributed by atoms with van der Waals surface area (Å²) in [6.07, 6.45) is 12.0. The maximum absolute atomic E-state index is 12.4. The molecular formula is C20H26N2O2. The molecule has 0 radical (unpaired) electrons. The lowest BCUT2D eigenvalue weighted by Gasteiger charge is -2.31. The first-order valence-electron chi connectivity index (χ1n) is 9.67. The van der Waals surface area contributed by atoms with Crippen molar-refractivity contribution < 1.29 is 9.53 Å². The van der Waals surface area contributed by atoms with Crippen LogP contribution in [0.25, 0.3) is 0 Å². The minimum Gasteiger partial charge on any atom is -0.462 e. The van der Waals surface area contributed by atoms with E-state index in [4.69, 9.17) is 9.72 Å². The molecule has 128 valence electrons. The van der Waals surface area contributed by atoms with Gasteiger partial charge in [-0.25, -0.2) is 9.78 Å². The molecular weight excluding hydrogens is 300 g/mol. The van der Waals surface area contributed by atoms with E-state index in [2.05, 4.69) is 5.32 Å². The molecule has 1 N–H and O–H groups in total. The average Bonchev–Trinajstić information content (AvgIpc) is 3.35. The summed E-state index contributed by atoms with van der Waals surface area (Å²) in [4.78, 5) is 17.1. The van der Waals surface area contributed by atoms with Gasteiger partial charge in [0.2, 0.25) is 0 Å². The zero-order chi connectivity index (χ0) is 16.3. The first-order valence-corrected chi connectivity index (χ1v) is 9.67. The molecule has 5 rings (SSSR count). The molecule has 0 spiro atoms. The predicted octanol–water partition coefficient (Wildman–Crippen LogP) is 4.37. The van der Waals surface area contributed by atoms with Gasteiger partial charge in [0.25, 0.3) is 0 Å². The average molecular weight is 326 g/mol. The summed E-state index contributed by atoms with van der Waals surface area (Å²) < 4.78 is 5.28. The molecule has 24 heavy (non-hydrogen) atoms. The van der Waals surface area contributed by atoms with Crippen molar-refractivity contribution in [2.24, 2.45) is 5.92 Å². The van der Waals surface area contributed by atoms with Crippen molar-refractivity contribution in [2.45, 2.75) is 75.7 Å². The normalized spacial score (nSPS) is 35.3. The number of esters is 1. The molecule has 1 aromatic heterocycles. The van der Waals surface area contributed by atoms with Crippen molar-refractivity contribution in [3.63, 3.8) is 0 Å². The van der Waals surface area contributed by atoms with Gasteiger partial charge in [-0.3, -0.25) is 0 Å². The Morgan fingerprint density at radius 1 is 1.25 bits per heavy atom. The van der Waals surface area contributed by atoms with Gasteiger partial charge in [0.15, 0.2) is 0 Å². The minimum atomic E-state index is -0.194. The van der Waals surface area contributed by atoms with E-state index in [9.17, 15) is 4.79 Å². The Morgan fingerprint density at radius 2 is 2.00 bits per heavy atom. The van der Waals surface area contributed by atoms with Crippen molar-refractivity contribution in [3.8, 4) is 0 Å². The lowest BCUT2D eigenvalue weighted by atomic mass is 9.88. The van der Waals surface area contributed by atoms with Crippen molar-refractivity contribution in [3.05, 3.63) is 22.9 Å². The highest BCUT2D eigenvalue weighted by Crippen LogP contribution is 2.57. The Labute approximate surface area is 143 Å². The number of nitrogens with zero attached hydrogens (tertiary/aromatic N) is 1. The quantitative estimate of drug-likeness (QED) is 0.835. The Hall–Kier alpha value is -1.58. The second kappa shape index (κ2) is 5.21. The number of aromatic nitrogens is 1. The zero-order valence-electron chi connectivity index (χ0n) is 14.4. The molecule has 3 fully saturated rings. The molecule has 4 bridgehead atoms. The fraction of sp³-hybridized carbons (Fsp3) is 0.700. The molecule has 1 aromatic rings. The number of carbonyl (C=O) groups excluding carboxylic acids is 1. The van der Waals surface area contributed by atoms with Crippen LogP contribution in [-0.2, 0) is 4.74 Å². The zero-order valence-corrected chi connectivity index (χ0v) is 14.4. The summed E-state index contributed by atoms with van der Waals surface area (Å²) in [6, 6.07) is 0. The van der Waals surface area contributed by atoms with E-state index >= 15 is 0 Å². The third kappa shape index (κ3) is 2.04. The van der Waals surface area contributed by atoms with Gasteiger partial charge in [-0.2, -0.15) is 0 Å². The van der Waals surface area contributed by atoms with Crippen molar-refractivity contribution in [1.82, 2.24) is 4.98 Å². The van der Waals surface area contributed by atoms with E-state index in [0.29, 0.717) is 18.4 Å². The summed E-state index contributed by atoms with van der Waals surface area (Å²) in [5, 5.41) is 3.87. The van der Waals surface area contributed by atoms with Crippen LogP contribution >= 0.6 is 0 Å². The van der Waals surface area contributed by atoms with Crippen molar-refractivity contribution in [1.29, 1.82) is 0 Å². The van der Waals surface area contributed by atoms with Crippen molar-refractivity contribution >= 4 is 11.8 Å². The van der Waals surface area contributed by atoms with Crippen LogP contribution in [0.1, 0.15) is 91.6 Å². The minimum absolute atomic E-state index is 0.194. The fourth-order valence-corrected chi connectivity index (χ4v) is 5.99. The smallest absolute Gasteiger partial charge is 0.339 e. The largest absolute Gasteiger partial charge is 0.462 e. The van der Waals surface area contributed by atoms with Gasteiger partial charge < -0.3 is 10.1 Å². The van der Waals surface area contributed by atoms with E-state index in [0.717, 1.165) is 17.3 Å². The Kier molecular flexibility index (Phi) is 3.20. The van der Waals surface area contributed by atoms with Gasteiger partial charge in [0.05, 0.1) is 12.2 Å². The second-order valence-electron chi connectivity index (χ2n) is 8.33. The third-order valence-corrected chi connectivity index (χ3v) is 7.03. The number of hydrogen-bond acceptors (Lipinski definition) is 4. The van der Waals surface area contributed by atoms with Crippen LogP contribution in [0.5, 0.6) is 0 Å². The molecule has 1 heterocycles. The highest BCUT2D eigenvalue weighted by molar-refractivity contribution is 5.92. The first kappa shape index (κ1) is 14.7.